The fourth-order valence-electron chi connectivity index (χ4n) is 3.04. The van der Waals surface area contributed by atoms with E-state index in [1.807, 2.05) is 30.3 Å². The SMILES string of the molecule is COC1=CN(c2ccc(OC(F)(F)F)cc2F)NC(c2ccnn2-c2ccccc2)=C1. The maximum atomic E-state index is 14.6. The van der Waals surface area contributed by atoms with E-state index in [9.17, 15) is 17.6 Å². The van der Waals surface area contributed by atoms with Crippen molar-refractivity contribution >= 4 is 11.4 Å². The van der Waals surface area contributed by atoms with Crippen LogP contribution in [0.15, 0.2) is 78.8 Å². The average Bonchev–Trinajstić information content (AvgIpc) is 3.23. The van der Waals surface area contributed by atoms with Crippen LogP contribution >= 0.6 is 0 Å². The third kappa shape index (κ3) is 4.47. The summed E-state index contributed by atoms with van der Waals surface area (Å²) in [4.78, 5) is 0. The number of hydrazine groups is 1. The highest BCUT2D eigenvalue weighted by Gasteiger charge is 2.31. The predicted molar refractivity (Wildman–Crippen MR) is 105 cm³/mol. The Kier molecular flexibility index (Phi) is 5.28. The van der Waals surface area contributed by atoms with Crippen LogP contribution in [-0.4, -0.2) is 23.3 Å². The second kappa shape index (κ2) is 8.05. The summed E-state index contributed by atoms with van der Waals surface area (Å²) in [6.07, 6.45) is -0.128. The largest absolute Gasteiger partial charge is 0.573 e. The van der Waals surface area contributed by atoms with Gasteiger partial charge in [0.05, 0.1) is 42.3 Å². The molecule has 0 aliphatic carbocycles. The fourth-order valence-corrected chi connectivity index (χ4v) is 3.04. The molecule has 0 saturated carbocycles. The Morgan fingerprint density at radius 3 is 2.48 bits per heavy atom. The summed E-state index contributed by atoms with van der Waals surface area (Å²) in [5.41, 5.74) is 5.01. The smallest absolute Gasteiger partial charge is 0.495 e. The van der Waals surface area contributed by atoms with E-state index >= 15 is 0 Å². The first-order valence-electron chi connectivity index (χ1n) is 9.02. The lowest BCUT2D eigenvalue weighted by atomic mass is 10.2. The monoisotopic (exact) mass is 432 g/mol. The first-order valence-corrected chi connectivity index (χ1v) is 9.02. The third-order valence-electron chi connectivity index (χ3n) is 4.35. The van der Waals surface area contributed by atoms with Crippen LogP contribution in [0.2, 0.25) is 0 Å². The number of rotatable bonds is 5. The van der Waals surface area contributed by atoms with Crippen molar-refractivity contribution in [1.82, 2.24) is 15.2 Å². The molecule has 4 rings (SSSR count). The molecule has 2 heterocycles. The molecule has 1 aliphatic heterocycles. The molecule has 1 aromatic heterocycles. The van der Waals surface area contributed by atoms with Crippen LogP contribution in [-0.2, 0) is 4.74 Å². The molecular formula is C21H16F4N4O2. The molecule has 0 radical (unpaired) electrons. The van der Waals surface area contributed by atoms with Gasteiger partial charge in [-0.3, -0.25) is 10.4 Å². The van der Waals surface area contributed by atoms with Gasteiger partial charge in [0.2, 0.25) is 0 Å². The lowest BCUT2D eigenvalue weighted by molar-refractivity contribution is -0.274. The lowest BCUT2D eigenvalue weighted by Gasteiger charge is -2.29. The molecule has 0 atom stereocenters. The Morgan fingerprint density at radius 2 is 1.81 bits per heavy atom. The maximum absolute atomic E-state index is 14.6. The van der Waals surface area contributed by atoms with Gasteiger partial charge in [0.1, 0.15) is 11.5 Å². The van der Waals surface area contributed by atoms with Crippen molar-refractivity contribution in [3.8, 4) is 11.4 Å². The van der Waals surface area contributed by atoms with Crippen molar-refractivity contribution in [2.75, 3.05) is 12.1 Å². The van der Waals surface area contributed by atoms with Gasteiger partial charge in [-0.15, -0.1) is 13.2 Å². The number of benzene rings is 2. The van der Waals surface area contributed by atoms with Crippen LogP contribution in [0.25, 0.3) is 11.4 Å². The molecule has 3 aromatic rings. The molecule has 31 heavy (non-hydrogen) atoms. The van der Waals surface area contributed by atoms with Gasteiger partial charge in [-0.05, 0) is 30.3 Å². The van der Waals surface area contributed by atoms with Crippen LogP contribution in [0.1, 0.15) is 5.69 Å². The topological polar surface area (TPSA) is 51.6 Å². The van der Waals surface area contributed by atoms with Gasteiger partial charge in [-0.25, -0.2) is 9.07 Å². The molecule has 0 saturated heterocycles. The summed E-state index contributed by atoms with van der Waals surface area (Å²) in [7, 11) is 1.45. The van der Waals surface area contributed by atoms with Crippen LogP contribution in [0, 0.1) is 5.82 Å². The summed E-state index contributed by atoms with van der Waals surface area (Å²) in [5.74, 6) is -1.18. The van der Waals surface area contributed by atoms with Crippen molar-refractivity contribution in [3.63, 3.8) is 0 Å². The number of hydrogen-bond donors (Lipinski definition) is 1. The van der Waals surface area contributed by atoms with Gasteiger partial charge in [-0.2, -0.15) is 5.10 Å². The van der Waals surface area contributed by atoms with Gasteiger partial charge >= 0.3 is 6.36 Å². The quantitative estimate of drug-likeness (QED) is 0.589. The standard InChI is InChI=1S/C21H16F4N4O2/c1-30-16-12-18(20-9-10-26-29(20)14-5-3-2-4-6-14)27-28(13-16)19-8-7-15(11-17(19)22)31-21(23,24)25/h2-13,27H,1H3. The number of nitrogens with one attached hydrogen (secondary N) is 1. The number of allylic oxidation sites excluding steroid dienone is 1. The van der Waals surface area contributed by atoms with Gasteiger partial charge in [-0.1, -0.05) is 18.2 Å². The molecule has 1 aliphatic rings. The van der Waals surface area contributed by atoms with E-state index in [-0.39, 0.29) is 5.69 Å². The van der Waals surface area contributed by atoms with Crippen LogP contribution in [0.3, 0.4) is 0 Å². The minimum Gasteiger partial charge on any atom is -0.495 e. The molecule has 1 N–H and O–H groups in total. The number of nitrogens with zero attached hydrogens (tertiary/aromatic N) is 3. The zero-order valence-electron chi connectivity index (χ0n) is 16.1. The van der Waals surface area contributed by atoms with Crippen LogP contribution in [0.5, 0.6) is 5.75 Å². The van der Waals surface area contributed by atoms with E-state index in [4.69, 9.17) is 4.74 Å². The van der Waals surface area contributed by atoms with E-state index in [0.717, 1.165) is 11.8 Å². The Bertz CT molecular complexity index is 1140. The molecular weight excluding hydrogens is 416 g/mol. The zero-order valence-corrected chi connectivity index (χ0v) is 16.1. The van der Waals surface area contributed by atoms with E-state index in [1.54, 1.807) is 23.0 Å². The average molecular weight is 432 g/mol. The highest BCUT2D eigenvalue weighted by molar-refractivity contribution is 5.70. The maximum Gasteiger partial charge on any atom is 0.573 e. The number of anilines is 1. The molecule has 160 valence electrons. The van der Waals surface area contributed by atoms with Crippen LogP contribution in [0.4, 0.5) is 23.2 Å². The number of alkyl halides is 3. The Balaban J connectivity index is 1.66. The first-order chi connectivity index (χ1) is 14.8. The van der Waals surface area contributed by atoms with Crippen molar-refractivity contribution in [2.24, 2.45) is 0 Å². The summed E-state index contributed by atoms with van der Waals surface area (Å²) in [6, 6.07) is 14.0. The van der Waals surface area contributed by atoms with E-state index in [2.05, 4.69) is 15.3 Å². The third-order valence-corrected chi connectivity index (χ3v) is 4.35. The molecule has 0 fully saturated rings. The lowest BCUT2D eigenvalue weighted by Crippen LogP contribution is -2.36. The minimum absolute atomic E-state index is 0.0274. The highest BCUT2D eigenvalue weighted by Crippen LogP contribution is 2.30. The van der Waals surface area contributed by atoms with Crippen molar-refractivity contribution in [3.05, 3.63) is 90.3 Å². The molecule has 0 unspecified atom stereocenters. The Hall–Kier alpha value is -3.95. The van der Waals surface area contributed by atoms with E-state index < -0.39 is 17.9 Å². The summed E-state index contributed by atoms with van der Waals surface area (Å²) in [5, 5.41) is 5.64. The van der Waals surface area contributed by atoms with E-state index in [1.165, 1.54) is 24.4 Å². The summed E-state index contributed by atoms with van der Waals surface area (Å²) < 4.78 is 62.6. The normalized spacial score (nSPS) is 13.9. The molecule has 0 amide bonds. The van der Waals surface area contributed by atoms with Crippen molar-refractivity contribution in [2.45, 2.75) is 6.36 Å². The molecule has 0 spiro atoms. The molecule has 2 aromatic carbocycles. The molecule has 10 heteroatoms. The van der Waals surface area contributed by atoms with Gasteiger partial charge in [0, 0.05) is 12.1 Å². The number of para-hydroxylation sites is 1. The zero-order chi connectivity index (χ0) is 22.0. The van der Waals surface area contributed by atoms with Gasteiger partial charge in [0.15, 0.2) is 5.82 Å². The summed E-state index contributed by atoms with van der Waals surface area (Å²) in [6.45, 7) is 0. The molecule has 6 nitrogen and oxygen atoms in total. The molecule has 0 bridgehead atoms. The first kappa shape index (κ1) is 20.3. The number of hydrogen-bond acceptors (Lipinski definition) is 5. The van der Waals surface area contributed by atoms with E-state index in [0.29, 0.717) is 23.2 Å². The van der Waals surface area contributed by atoms with Crippen LogP contribution < -0.4 is 15.2 Å². The minimum atomic E-state index is -4.91. The number of halogens is 4. The second-order valence-electron chi connectivity index (χ2n) is 6.40. The Morgan fingerprint density at radius 1 is 1.03 bits per heavy atom. The van der Waals surface area contributed by atoms with Gasteiger partial charge in [0.25, 0.3) is 0 Å². The second-order valence-corrected chi connectivity index (χ2v) is 6.40. The number of aromatic nitrogens is 2. The predicted octanol–water partition coefficient (Wildman–Crippen LogP) is 4.76. The van der Waals surface area contributed by atoms with Crippen molar-refractivity contribution < 1.29 is 27.0 Å². The fraction of sp³-hybridized carbons (Fsp3) is 0.0952. The van der Waals surface area contributed by atoms with Crippen molar-refractivity contribution in [1.29, 1.82) is 0 Å². The highest BCUT2D eigenvalue weighted by atomic mass is 19.4. The van der Waals surface area contributed by atoms with Gasteiger partial charge < -0.3 is 9.47 Å². The number of methoxy groups -OCH3 is 1. The number of ether oxygens (including phenoxy) is 2. The Labute approximate surface area is 174 Å². The summed E-state index contributed by atoms with van der Waals surface area (Å²) >= 11 is 0.